The van der Waals surface area contributed by atoms with Gasteiger partial charge >= 0.3 is 0 Å². The number of nitrogens with one attached hydrogen (secondary N) is 1. The minimum absolute atomic E-state index is 0.0863. The number of amides is 1. The van der Waals surface area contributed by atoms with E-state index in [1.807, 2.05) is 67.9 Å². The van der Waals surface area contributed by atoms with Crippen LogP contribution in [-0.2, 0) is 17.8 Å². The van der Waals surface area contributed by atoms with Crippen molar-refractivity contribution in [2.45, 2.75) is 65.8 Å². The first-order valence-corrected chi connectivity index (χ1v) is 14.6. The second-order valence-electron chi connectivity index (χ2n) is 9.80. The molecule has 1 amide bonds. The molecule has 218 valence electrons. The standard InChI is InChI=1S/C33H44N6OS/c1-9-25(4)21-33(40)35-32-18-17-31(36-37-32)16-13-12-15-27(6)41-28(7)38(8)26(5)22-29(10-2)23-30(11-3)24-39-20-14-19-34-39/h9-11,14,17-20,23H,3,5-7,12-13,15-16,21-22,24H2,1-2,4,8H3,(H,35,37,40)/b25-9+,29-10-,30-23+. The molecule has 8 heteroatoms. The highest BCUT2D eigenvalue weighted by molar-refractivity contribution is 8.06. The van der Waals surface area contributed by atoms with E-state index in [-0.39, 0.29) is 5.91 Å². The summed E-state index contributed by atoms with van der Waals surface area (Å²) in [5.41, 5.74) is 5.12. The van der Waals surface area contributed by atoms with Gasteiger partial charge in [-0.25, -0.2) is 0 Å². The average molecular weight is 573 g/mol. The minimum atomic E-state index is -0.0863. The van der Waals surface area contributed by atoms with Gasteiger partial charge in [-0.2, -0.15) is 10.2 Å². The van der Waals surface area contributed by atoms with E-state index in [2.05, 4.69) is 59.1 Å². The van der Waals surface area contributed by atoms with Crippen LogP contribution in [-0.4, -0.2) is 37.8 Å². The lowest BCUT2D eigenvalue weighted by Crippen LogP contribution is -2.14. The second-order valence-corrected chi connectivity index (χ2v) is 11.1. The predicted molar refractivity (Wildman–Crippen MR) is 174 cm³/mol. The van der Waals surface area contributed by atoms with Gasteiger partial charge < -0.3 is 10.2 Å². The fraction of sp³-hybridized carbons (Fsp3) is 0.333. The molecule has 0 saturated carbocycles. The van der Waals surface area contributed by atoms with E-state index in [1.165, 1.54) is 0 Å². The number of nitrogens with zero attached hydrogens (tertiary/aromatic N) is 5. The summed E-state index contributed by atoms with van der Waals surface area (Å²) in [5.74, 6) is 0.390. The maximum Gasteiger partial charge on any atom is 0.229 e. The fourth-order valence-corrected chi connectivity index (χ4v) is 4.62. The quantitative estimate of drug-likeness (QED) is 0.111. The molecule has 2 aromatic heterocycles. The molecule has 0 bridgehead atoms. The molecule has 41 heavy (non-hydrogen) atoms. The first-order chi connectivity index (χ1) is 19.6. The van der Waals surface area contributed by atoms with Crippen molar-refractivity contribution in [1.29, 1.82) is 0 Å². The predicted octanol–water partition coefficient (Wildman–Crippen LogP) is 7.99. The number of hydrogen-bond acceptors (Lipinski definition) is 6. The number of anilines is 1. The molecular weight excluding hydrogens is 528 g/mol. The topological polar surface area (TPSA) is 75.9 Å². The Morgan fingerprint density at radius 1 is 1.10 bits per heavy atom. The molecular formula is C33H44N6OS. The molecule has 2 rings (SSSR count). The molecule has 0 aliphatic carbocycles. The van der Waals surface area contributed by atoms with E-state index in [9.17, 15) is 4.79 Å². The summed E-state index contributed by atoms with van der Waals surface area (Å²) < 4.78 is 1.88. The van der Waals surface area contributed by atoms with Gasteiger partial charge in [0.05, 0.1) is 17.3 Å². The minimum Gasteiger partial charge on any atom is -0.343 e. The molecule has 7 nitrogen and oxygen atoms in total. The normalized spacial score (nSPS) is 12.1. The molecule has 1 N–H and O–H groups in total. The number of carbonyl (C=O) groups is 1. The van der Waals surface area contributed by atoms with Crippen molar-refractivity contribution in [1.82, 2.24) is 24.9 Å². The van der Waals surface area contributed by atoms with Gasteiger partial charge in [0.1, 0.15) is 0 Å². The molecule has 2 aromatic rings. The average Bonchev–Trinajstić information content (AvgIpc) is 3.47. The largest absolute Gasteiger partial charge is 0.343 e. The van der Waals surface area contributed by atoms with Crippen LogP contribution >= 0.6 is 11.8 Å². The number of unbranched alkanes of at least 4 members (excludes halogenated alkanes) is 1. The van der Waals surface area contributed by atoms with Crippen molar-refractivity contribution in [3.05, 3.63) is 119 Å². The van der Waals surface area contributed by atoms with Crippen LogP contribution < -0.4 is 5.32 Å². The van der Waals surface area contributed by atoms with E-state index in [0.29, 0.717) is 25.2 Å². The van der Waals surface area contributed by atoms with E-state index >= 15 is 0 Å². The molecule has 0 unspecified atom stereocenters. The molecule has 0 spiro atoms. The Balaban J connectivity index is 1.74. The number of aryl methyl sites for hydroxylation is 1. The molecule has 0 saturated heterocycles. The third-order valence-corrected chi connectivity index (χ3v) is 7.49. The van der Waals surface area contributed by atoms with Crippen molar-refractivity contribution in [2.75, 3.05) is 12.4 Å². The zero-order valence-corrected chi connectivity index (χ0v) is 25.8. The molecule has 0 fully saturated rings. The molecule has 0 atom stereocenters. The van der Waals surface area contributed by atoms with Crippen LogP contribution in [0.25, 0.3) is 0 Å². The third-order valence-electron chi connectivity index (χ3n) is 6.48. The van der Waals surface area contributed by atoms with Crippen LogP contribution in [0.15, 0.2) is 114 Å². The Kier molecular flexibility index (Phi) is 14.4. The van der Waals surface area contributed by atoms with Crippen LogP contribution in [0.4, 0.5) is 5.82 Å². The van der Waals surface area contributed by atoms with Gasteiger partial charge in [0, 0.05) is 38.0 Å². The van der Waals surface area contributed by atoms with Crippen LogP contribution in [0.2, 0.25) is 0 Å². The Hall–Kier alpha value is -3.91. The maximum absolute atomic E-state index is 12.0. The molecule has 2 heterocycles. The number of thioether (sulfide) groups is 1. The van der Waals surface area contributed by atoms with Gasteiger partial charge in [-0.05, 0) is 80.7 Å². The Morgan fingerprint density at radius 3 is 2.49 bits per heavy atom. The summed E-state index contributed by atoms with van der Waals surface area (Å²) in [6, 6.07) is 5.64. The number of aromatic nitrogens is 4. The molecule has 0 aromatic carbocycles. The zero-order chi connectivity index (χ0) is 30.2. The van der Waals surface area contributed by atoms with Crippen molar-refractivity contribution in [3.8, 4) is 0 Å². The molecule has 0 radical (unpaired) electrons. The second kappa shape index (κ2) is 17.7. The summed E-state index contributed by atoms with van der Waals surface area (Å²) in [7, 11) is 1.99. The number of rotatable bonds is 18. The molecule has 0 aliphatic rings. The lowest BCUT2D eigenvalue weighted by molar-refractivity contribution is -0.115. The highest BCUT2D eigenvalue weighted by Gasteiger charge is 2.11. The Labute approximate surface area is 250 Å². The fourth-order valence-electron chi connectivity index (χ4n) is 3.77. The van der Waals surface area contributed by atoms with Gasteiger partial charge in [0.2, 0.25) is 5.91 Å². The van der Waals surface area contributed by atoms with Crippen LogP contribution in [0.1, 0.15) is 58.6 Å². The van der Waals surface area contributed by atoms with Crippen LogP contribution in [0.5, 0.6) is 0 Å². The summed E-state index contributed by atoms with van der Waals surface area (Å²) in [4.78, 5) is 15.1. The van der Waals surface area contributed by atoms with Gasteiger partial charge in [-0.15, -0.1) is 5.10 Å². The van der Waals surface area contributed by atoms with Crippen molar-refractivity contribution >= 4 is 23.5 Å². The Bertz CT molecular complexity index is 1290. The summed E-state index contributed by atoms with van der Waals surface area (Å²) in [5, 5.41) is 16.4. The first-order valence-electron chi connectivity index (χ1n) is 13.8. The van der Waals surface area contributed by atoms with Crippen molar-refractivity contribution < 1.29 is 4.79 Å². The van der Waals surface area contributed by atoms with Crippen molar-refractivity contribution in [2.24, 2.45) is 0 Å². The van der Waals surface area contributed by atoms with E-state index in [1.54, 1.807) is 24.0 Å². The maximum atomic E-state index is 12.0. The summed E-state index contributed by atoms with van der Waals surface area (Å²) in [6.07, 6.45) is 16.5. The first kappa shape index (κ1) is 33.3. The van der Waals surface area contributed by atoms with Gasteiger partial charge in [0.15, 0.2) is 5.82 Å². The number of carbonyl (C=O) groups excluding carboxylic acids is 1. The third kappa shape index (κ3) is 12.4. The molecule has 0 aliphatic heterocycles. The van der Waals surface area contributed by atoms with Gasteiger partial charge in [0.25, 0.3) is 0 Å². The Morgan fingerprint density at radius 2 is 1.88 bits per heavy atom. The number of allylic oxidation sites excluding steroid dienone is 7. The summed E-state index contributed by atoms with van der Waals surface area (Å²) in [6.45, 7) is 23.3. The van der Waals surface area contributed by atoms with Crippen LogP contribution in [0, 0.1) is 0 Å². The van der Waals surface area contributed by atoms with Gasteiger partial charge in [-0.1, -0.05) is 68.0 Å². The zero-order valence-electron chi connectivity index (χ0n) is 25.0. The van der Waals surface area contributed by atoms with E-state index < -0.39 is 0 Å². The lowest BCUT2D eigenvalue weighted by Gasteiger charge is -2.24. The monoisotopic (exact) mass is 572 g/mol. The van der Waals surface area contributed by atoms with Gasteiger partial charge in [-0.3, -0.25) is 9.48 Å². The highest BCUT2D eigenvalue weighted by atomic mass is 32.2. The smallest absolute Gasteiger partial charge is 0.229 e. The highest BCUT2D eigenvalue weighted by Crippen LogP contribution is 2.31. The van der Waals surface area contributed by atoms with Crippen LogP contribution in [0.3, 0.4) is 0 Å². The summed E-state index contributed by atoms with van der Waals surface area (Å²) >= 11 is 1.59. The van der Waals surface area contributed by atoms with Crippen molar-refractivity contribution in [3.63, 3.8) is 0 Å². The number of hydrogen-bond donors (Lipinski definition) is 1. The van der Waals surface area contributed by atoms with E-state index in [0.717, 1.165) is 63.7 Å². The van der Waals surface area contributed by atoms with E-state index in [4.69, 9.17) is 0 Å². The lowest BCUT2D eigenvalue weighted by atomic mass is 10.1. The SMILES string of the molecule is C=C/C(=C\C(=C/C)CC(=C)N(C)C(=C)SC(=C)CCCCc1ccc(NC(=O)C/C(C)=C/C)nn1)Cn1cccn1.